The Labute approximate surface area is 107 Å². The lowest BCUT2D eigenvalue weighted by atomic mass is 10.1. The van der Waals surface area contributed by atoms with Crippen LogP contribution in [0.25, 0.3) is 0 Å². The van der Waals surface area contributed by atoms with Crippen LogP contribution in [-0.4, -0.2) is 28.6 Å². The van der Waals surface area contributed by atoms with Crippen molar-refractivity contribution in [2.45, 2.75) is 33.2 Å². The Kier molecular flexibility index (Phi) is 4.61. The van der Waals surface area contributed by atoms with Crippen LogP contribution in [0.4, 0.5) is 5.82 Å². The minimum Gasteiger partial charge on any atom is -0.484 e. The molecule has 0 amide bonds. The smallest absolute Gasteiger partial charge is 0.406 e. The standard InChI is InChI=1S/C12H19N3O3/c1-9-5-6-10(11(14-9)15(16)17)18-8-7-13-12(2,3)4/h5-6,13H,7-8H2,1-4H3. The number of nitrogens with one attached hydrogen (secondary N) is 1. The van der Waals surface area contributed by atoms with Gasteiger partial charge in [0.15, 0.2) is 0 Å². The number of aryl methyl sites for hydroxylation is 1. The van der Waals surface area contributed by atoms with Gasteiger partial charge in [0.25, 0.3) is 0 Å². The first-order valence-electron chi connectivity index (χ1n) is 5.79. The Hall–Kier alpha value is -1.69. The van der Waals surface area contributed by atoms with Crippen molar-refractivity contribution in [1.29, 1.82) is 0 Å². The van der Waals surface area contributed by atoms with Crippen LogP contribution in [0, 0.1) is 17.0 Å². The molecule has 0 fully saturated rings. The quantitative estimate of drug-likeness (QED) is 0.493. The molecule has 6 nitrogen and oxygen atoms in total. The van der Waals surface area contributed by atoms with Gasteiger partial charge in [-0.2, -0.15) is 0 Å². The number of aromatic nitrogens is 1. The van der Waals surface area contributed by atoms with E-state index in [1.807, 2.05) is 20.8 Å². The molecule has 0 spiro atoms. The van der Waals surface area contributed by atoms with Gasteiger partial charge in [0.2, 0.25) is 5.75 Å². The van der Waals surface area contributed by atoms with E-state index in [4.69, 9.17) is 4.74 Å². The van der Waals surface area contributed by atoms with Gasteiger partial charge in [-0.3, -0.25) is 0 Å². The molecular formula is C12H19N3O3. The summed E-state index contributed by atoms with van der Waals surface area (Å²) in [6, 6.07) is 3.27. The number of nitro groups is 1. The third-order valence-electron chi connectivity index (χ3n) is 2.17. The van der Waals surface area contributed by atoms with Gasteiger partial charge >= 0.3 is 5.82 Å². The predicted molar refractivity (Wildman–Crippen MR) is 68.9 cm³/mol. The molecule has 100 valence electrons. The summed E-state index contributed by atoms with van der Waals surface area (Å²) in [6.07, 6.45) is 0. The minimum atomic E-state index is -0.528. The molecule has 18 heavy (non-hydrogen) atoms. The van der Waals surface area contributed by atoms with Crippen LogP contribution in [0.15, 0.2) is 12.1 Å². The third-order valence-corrected chi connectivity index (χ3v) is 2.17. The maximum atomic E-state index is 10.8. The topological polar surface area (TPSA) is 77.3 Å². The molecule has 1 aromatic heterocycles. The summed E-state index contributed by atoms with van der Waals surface area (Å²) in [7, 11) is 0. The predicted octanol–water partition coefficient (Wildman–Crippen LogP) is 2.07. The molecule has 0 bridgehead atoms. The van der Waals surface area contributed by atoms with E-state index in [0.29, 0.717) is 18.8 Å². The fourth-order valence-electron chi connectivity index (χ4n) is 1.36. The lowest BCUT2D eigenvalue weighted by molar-refractivity contribution is -0.390. The first kappa shape index (κ1) is 14.4. The first-order valence-corrected chi connectivity index (χ1v) is 5.79. The van der Waals surface area contributed by atoms with Gasteiger partial charge in [-0.1, -0.05) is 0 Å². The fraction of sp³-hybridized carbons (Fsp3) is 0.583. The van der Waals surface area contributed by atoms with Crippen molar-refractivity contribution in [3.05, 3.63) is 27.9 Å². The maximum Gasteiger partial charge on any atom is 0.406 e. The maximum absolute atomic E-state index is 10.8. The van der Waals surface area contributed by atoms with Crippen molar-refractivity contribution in [1.82, 2.24) is 10.3 Å². The second-order valence-corrected chi connectivity index (χ2v) is 5.06. The van der Waals surface area contributed by atoms with Crippen LogP contribution < -0.4 is 10.1 Å². The molecule has 0 aliphatic carbocycles. The number of rotatable bonds is 5. The van der Waals surface area contributed by atoms with E-state index in [1.165, 1.54) is 0 Å². The lowest BCUT2D eigenvalue weighted by Gasteiger charge is -2.20. The normalized spacial score (nSPS) is 11.3. The molecule has 0 saturated carbocycles. The van der Waals surface area contributed by atoms with Crippen LogP contribution in [0.2, 0.25) is 0 Å². The van der Waals surface area contributed by atoms with Gasteiger partial charge in [-0.05, 0) is 42.8 Å². The Bertz CT molecular complexity index is 427. The summed E-state index contributed by atoms with van der Waals surface area (Å²) >= 11 is 0. The summed E-state index contributed by atoms with van der Waals surface area (Å²) < 4.78 is 5.38. The number of hydrogen-bond acceptors (Lipinski definition) is 5. The van der Waals surface area contributed by atoms with Gasteiger partial charge in [0.05, 0.1) is 0 Å². The highest BCUT2D eigenvalue weighted by Crippen LogP contribution is 2.24. The van der Waals surface area contributed by atoms with Crippen LogP contribution in [0.3, 0.4) is 0 Å². The zero-order chi connectivity index (χ0) is 13.8. The molecule has 1 rings (SSSR count). The van der Waals surface area contributed by atoms with Crippen molar-refractivity contribution in [2.75, 3.05) is 13.2 Å². The highest BCUT2D eigenvalue weighted by atomic mass is 16.6. The van der Waals surface area contributed by atoms with E-state index in [9.17, 15) is 10.1 Å². The van der Waals surface area contributed by atoms with Crippen molar-refractivity contribution in [3.8, 4) is 5.75 Å². The Morgan fingerprint density at radius 3 is 2.67 bits per heavy atom. The second kappa shape index (κ2) is 5.77. The Morgan fingerprint density at radius 1 is 1.44 bits per heavy atom. The first-order chi connectivity index (χ1) is 8.29. The van der Waals surface area contributed by atoms with E-state index < -0.39 is 4.92 Å². The molecule has 1 aromatic rings. The zero-order valence-corrected chi connectivity index (χ0v) is 11.2. The SMILES string of the molecule is Cc1ccc(OCCNC(C)(C)C)c([N+](=O)[O-])n1. The Morgan fingerprint density at radius 2 is 2.11 bits per heavy atom. The van der Waals surface area contributed by atoms with Gasteiger partial charge in [-0.15, -0.1) is 0 Å². The van der Waals surface area contributed by atoms with E-state index in [-0.39, 0.29) is 17.1 Å². The molecule has 0 radical (unpaired) electrons. The highest BCUT2D eigenvalue weighted by molar-refractivity contribution is 5.40. The largest absolute Gasteiger partial charge is 0.484 e. The van der Waals surface area contributed by atoms with E-state index in [0.717, 1.165) is 0 Å². The zero-order valence-electron chi connectivity index (χ0n) is 11.2. The molecule has 0 aliphatic rings. The summed E-state index contributed by atoms with van der Waals surface area (Å²) in [4.78, 5) is 14.1. The molecular weight excluding hydrogens is 234 g/mol. The van der Waals surface area contributed by atoms with Crippen molar-refractivity contribution >= 4 is 5.82 Å². The summed E-state index contributed by atoms with van der Waals surface area (Å²) in [5, 5.41) is 14.1. The molecule has 0 aromatic carbocycles. The number of nitrogens with zero attached hydrogens (tertiary/aromatic N) is 2. The monoisotopic (exact) mass is 253 g/mol. The highest BCUT2D eigenvalue weighted by Gasteiger charge is 2.17. The van der Waals surface area contributed by atoms with Crippen LogP contribution >= 0.6 is 0 Å². The van der Waals surface area contributed by atoms with Crippen LogP contribution in [0.1, 0.15) is 26.5 Å². The number of pyridine rings is 1. The number of ether oxygens (including phenoxy) is 1. The molecule has 6 heteroatoms. The van der Waals surface area contributed by atoms with Gasteiger partial charge in [0.1, 0.15) is 12.3 Å². The Balaban J connectivity index is 2.59. The van der Waals surface area contributed by atoms with Gasteiger partial charge in [-0.25, -0.2) is 0 Å². The van der Waals surface area contributed by atoms with Gasteiger partial charge in [0, 0.05) is 19.0 Å². The molecule has 1 heterocycles. The van der Waals surface area contributed by atoms with E-state index >= 15 is 0 Å². The molecule has 1 N–H and O–H groups in total. The third kappa shape index (κ3) is 4.67. The summed E-state index contributed by atoms with van der Waals surface area (Å²) in [5.41, 5.74) is 0.600. The van der Waals surface area contributed by atoms with Crippen molar-refractivity contribution in [2.24, 2.45) is 0 Å². The second-order valence-electron chi connectivity index (χ2n) is 5.06. The van der Waals surface area contributed by atoms with Crippen LogP contribution in [-0.2, 0) is 0 Å². The lowest BCUT2D eigenvalue weighted by Crippen LogP contribution is -2.38. The average Bonchev–Trinajstić information content (AvgIpc) is 2.24. The van der Waals surface area contributed by atoms with Gasteiger partial charge < -0.3 is 20.2 Å². The average molecular weight is 253 g/mol. The number of hydrogen-bond donors (Lipinski definition) is 1. The molecule has 0 saturated heterocycles. The van der Waals surface area contributed by atoms with Crippen molar-refractivity contribution < 1.29 is 9.66 Å². The minimum absolute atomic E-state index is 0.000813. The van der Waals surface area contributed by atoms with Crippen molar-refractivity contribution in [3.63, 3.8) is 0 Å². The summed E-state index contributed by atoms with van der Waals surface area (Å²) in [6.45, 7) is 8.82. The summed E-state index contributed by atoms with van der Waals surface area (Å²) in [5.74, 6) is -0.0212. The molecule has 0 atom stereocenters. The molecule has 0 aliphatic heterocycles. The fourth-order valence-corrected chi connectivity index (χ4v) is 1.36. The van der Waals surface area contributed by atoms with Crippen LogP contribution in [0.5, 0.6) is 5.75 Å². The van der Waals surface area contributed by atoms with E-state index in [2.05, 4.69) is 10.3 Å². The van der Waals surface area contributed by atoms with E-state index in [1.54, 1.807) is 19.1 Å². The molecule has 0 unspecified atom stereocenters.